The van der Waals surface area contributed by atoms with Crippen molar-refractivity contribution in [3.05, 3.63) is 76.5 Å². The molecule has 2 heterocycles. The molecule has 1 N–H and O–H groups in total. The predicted molar refractivity (Wildman–Crippen MR) is 105 cm³/mol. The number of nitrogens with one attached hydrogen (secondary N) is 1. The average Bonchev–Trinajstić information content (AvgIpc) is 3.31. The maximum absolute atomic E-state index is 12.0. The monoisotopic (exact) mass is 379 g/mol. The van der Waals surface area contributed by atoms with Crippen molar-refractivity contribution in [2.45, 2.75) is 20.8 Å². The van der Waals surface area contributed by atoms with Gasteiger partial charge in [0, 0.05) is 22.6 Å². The van der Waals surface area contributed by atoms with Crippen molar-refractivity contribution in [3.8, 4) is 5.69 Å². The van der Waals surface area contributed by atoms with Crippen LogP contribution >= 0.6 is 0 Å². The molecule has 7 heteroatoms. The smallest absolute Gasteiger partial charge is 0.338 e. The van der Waals surface area contributed by atoms with Crippen molar-refractivity contribution < 1.29 is 18.7 Å². The first-order valence-corrected chi connectivity index (χ1v) is 8.68. The minimum absolute atomic E-state index is 0.192. The van der Waals surface area contributed by atoms with Crippen molar-refractivity contribution in [1.29, 1.82) is 0 Å². The maximum Gasteiger partial charge on any atom is 0.338 e. The van der Waals surface area contributed by atoms with E-state index < -0.39 is 5.91 Å². The third-order valence-corrected chi connectivity index (χ3v) is 4.54. The van der Waals surface area contributed by atoms with E-state index in [9.17, 15) is 9.59 Å². The second-order valence-electron chi connectivity index (χ2n) is 6.28. The summed E-state index contributed by atoms with van der Waals surface area (Å²) in [6.45, 7) is 5.81. The molecule has 1 aromatic carbocycles. The lowest BCUT2D eigenvalue weighted by atomic mass is 10.1. The fourth-order valence-corrected chi connectivity index (χ4v) is 3.11. The van der Waals surface area contributed by atoms with Crippen LogP contribution in [-0.2, 0) is 4.74 Å². The third kappa shape index (κ3) is 3.59. The van der Waals surface area contributed by atoms with Gasteiger partial charge in [0.15, 0.2) is 5.76 Å². The minimum atomic E-state index is -0.420. The Morgan fingerprint density at radius 2 is 1.96 bits per heavy atom. The molecule has 28 heavy (non-hydrogen) atoms. The second-order valence-corrected chi connectivity index (χ2v) is 6.28. The molecule has 0 aliphatic rings. The molecule has 3 aromatic rings. The fraction of sp³-hybridized carbons (Fsp3) is 0.190. The Hall–Kier alpha value is -3.61. The van der Waals surface area contributed by atoms with Crippen molar-refractivity contribution in [3.63, 3.8) is 0 Å². The molecular weight excluding hydrogens is 358 g/mol. The fourth-order valence-electron chi connectivity index (χ4n) is 3.11. The highest BCUT2D eigenvalue weighted by atomic mass is 16.5. The van der Waals surface area contributed by atoms with Crippen LogP contribution in [0.5, 0.6) is 0 Å². The number of nitrogens with zero attached hydrogens (tertiary/aromatic N) is 2. The molecule has 1 amide bonds. The molecule has 0 unspecified atom stereocenters. The molecule has 0 fully saturated rings. The summed E-state index contributed by atoms with van der Waals surface area (Å²) in [6.07, 6.45) is 3.01. The molecule has 2 aromatic heterocycles. The topological polar surface area (TPSA) is 85.8 Å². The first kappa shape index (κ1) is 19.2. The van der Waals surface area contributed by atoms with Crippen LogP contribution in [0.25, 0.3) is 5.69 Å². The minimum Gasteiger partial charge on any atom is -0.465 e. The number of hydrogen-bond acceptors (Lipinski definition) is 5. The van der Waals surface area contributed by atoms with E-state index in [2.05, 4.69) is 10.5 Å². The number of carbonyl (C=O) groups is 2. The van der Waals surface area contributed by atoms with Gasteiger partial charge < -0.3 is 13.7 Å². The Labute approximate surface area is 162 Å². The molecule has 0 saturated heterocycles. The van der Waals surface area contributed by atoms with Crippen LogP contribution in [0.15, 0.2) is 52.2 Å². The van der Waals surface area contributed by atoms with Crippen molar-refractivity contribution in [2.24, 2.45) is 5.10 Å². The number of hydrazone groups is 1. The number of esters is 1. The quantitative estimate of drug-likeness (QED) is 0.417. The van der Waals surface area contributed by atoms with Crippen molar-refractivity contribution in [1.82, 2.24) is 9.99 Å². The van der Waals surface area contributed by atoms with Crippen LogP contribution in [0.3, 0.4) is 0 Å². The highest BCUT2D eigenvalue weighted by Gasteiger charge is 2.16. The Morgan fingerprint density at radius 3 is 2.64 bits per heavy atom. The maximum atomic E-state index is 12.0. The number of furan rings is 1. The Morgan fingerprint density at radius 1 is 1.18 bits per heavy atom. The summed E-state index contributed by atoms with van der Waals surface area (Å²) in [5.41, 5.74) is 7.42. The first-order valence-electron chi connectivity index (χ1n) is 8.68. The van der Waals surface area contributed by atoms with Crippen LogP contribution in [0.2, 0.25) is 0 Å². The summed E-state index contributed by atoms with van der Waals surface area (Å²) in [5, 5.41) is 4.02. The summed E-state index contributed by atoms with van der Waals surface area (Å²) in [4.78, 5) is 23.9. The van der Waals surface area contributed by atoms with Gasteiger partial charge in [-0.1, -0.05) is 6.07 Å². The zero-order valence-electron chi connectivity index (χ0n) is 16.1. The lowest BCUT2D eigenvalue weighted by Gasteiger charge is -2.15. The van der Waals surface area contributed by atoms with Crippen LogP contribution in [0, 0.1) is 20.8 Å². The molecule has 7 nitrogen and oxygen atoms in total. The molecule has 0 spiro atoms. The zero-order chi connectivity index (χ0) is 20.3. The number of hydrogen-bond donors (Lipinski definition) is 1. The molecule has 3 rings (SSSR count). The largest absolute Gasteiger partial charge is 0.465 e. The standard InChI is InChI=1S/C21H21N3O4/c1-13-11-16(12-22-23-20(25)19-9-6-10-28-19)15(3)24(13)18-8-5-7-17(14(18)2)21(26)27-4/h5-12H,1-4H3,(H,23,25). The zero-order valence-corrected chi connectivity index (χ0v) is 16.1. The van der Waals surface area contributed by atoms with E-state index >= 15 is 0 Å². The predicted octanol–water partition coefficient (Wildman–Crippen LogP) is 3.55. The van der Waals surface area contributed by atoms with Gasteiger partial charge in [-0.2, -0.15) is 5.10 Å². The summed E-state index contributed by atoms with van der Waals surface area (Å²) >= 11 is 0. The number of aromatic nitrogens is 1. The van der Waals surface area contributed by atoms with Gasteiger partial charge in [0.25, 0.3) is 0 Å². The van der Waals surface area contributed by atoms with Crippen molar-refractivity contribution >= 4 is 18.1 Å². The number of ether oxygens (including phenoxy) is 1. The van der Waals surface area contributed by atoms with E-state index in [1.54, 1.807) is 24.4 Å². The molecule has 0 aliphatic heterocycles. The molecule has 144 valence electrons. The molecular formula is C21H21N3O4. The lowest BCUT2D eigenvalue weighted by molar-refractivity contribution is 0.0599. The van der Waals surface area contributed by atoms with E-state index in [0.29, 0.717) is 5.56 Å². The number of amides is 1. The van der Waals surface area contributed by atoms with Crippen LogP contribution < -0.4 is 5.43 Å². The van der Waals surface area contributed by atoms with Gasteiger partial charge in [0.05, 0.1) is 25.2 Å². The number of aryl methyl sites for hydroxylation is 1. The SMILES string of the molecule is COC(=O)c1cccc(-n2c(C)cc(C=NNC(=O)c3ccco3)c2C)c1C. The molecule has 0 saturated carbocycles. The molecule has 0 atom stereocenters. The summed E-state index contributed by atoms with van der Waals surface area (Å²) < 4.78 is 11.9. The van der Waals surface area contributed by atoms with E-state index in [4.69, 9.17) is 9.15 Å². The van der Waals surface area contributed by atoms with Gasteiger partial charge in [-0.3, -0.25) is 4.79 Å². The first-order chi connectivity index (χ1) is 13.4. The second kappa shape index (κ2) is 7.96. The highest BCUT2D eigenvalue weighted by Crippen LogP contribution is 2.25. The Balaban J connectivity index is 1.90. The number of carbonyl (C=O) groups excluding carboxylic acids is 2. The van der Waals surface area contributed by atoms with E-state index in [1.165, 1.54) is 13.4 Å². The van der Waals surface area contributed by atoms with Gasteiger partial charge in [-0.15, -0.1) is 0 Å². The molecule has 0 bridgehead atoms. The normalized spacial score (nSPS) is 11.0. The number of benzene rings is 1. The number of methoxy groups -OCH3 is 1. The Bertz CT molecular complexity index is 1050. The average molecular weight is 379 g/mol. The van der Waals surface area contributed by atoms with E-state index in [0.717, 1.165) is 28.2 Å². The van der Waals surface area contributed by atoms with Gasteiger partial charge in [0.2, 0.25) is 0 Å². The van der Waals surface area contributed by atoms with Crippen molar-refractivity contribution in [2.75, 3.05) is 7.11 Å². The molecule has 0 aliphatic carbocycles. The summed E-state index contributed by atoms with van der Waals surface area (Å²) in [6, 6.07) is 10.7. The van der Waals surface area contributed by atoms with E-state index in [1.807, 2.05) is 43.5 Å². The van der Waals surface area contributed by atoms with Crippen LogP contribution in [0.4, 0.5) is 0 Å². The van der Waals surface area contributed by atoms with Gasteiger partial charge in [0.1, 0.15) is 0 Å². The van der Waals surface area contributed by atoms with E-state index in [-0.39, 0.29) is 11.7 Å². The van der Waals surface area contributed by atoms with Gasteiger partial charge >= 0.3 is 11.9 Å². The van der Waals surface area contributed by atoms with Gasteiger partial charge in [-0.25, -0.2) is 10.2 Å². The lowest BCUT2D eigenvalue weighted by Crippen LogP contribution is -2.16. The summed E-state index contributed by atoms with van der Waals surface area (Å²) in [5.74, 6) is -0.598. The third-order valence-electron chi connectivity index (χ3n) is 4.54. The number of rotatable bonds is 5. The Kier molecular flexibility index (Phi) is 5.44. The van der Waals surface area contributed by atoms with Gasteiger partial charge in [-0.05, 0) is 56.7 Å². The summed E-state index contributed by atoms with van der Waals surface area (Å²) in [7, 11) is 1.37. The molecule has 0 radical (unpaired) electrons. The van der Waals surface area contributed by atoms with Crippen LogP contribution in [-0.4, -0.2) is 29.8 Å². The highest BCUT2D eigenvalue weighted by molar-refractivity contribution is 5.93. The van der Waals surface area contributed by atoms with Crippen LogP contribution in [0.1, 0.15) is 43.4 Å².